The number of para-hydroxylation sites is 1. The quantitative estimate of drug-likeness (QED) is 0.882. The zero-order chi connectivity index (χ0) is 11.8. The van der Waals surface area contributed by atoms with E-state index in [0.717, 1.165) is 12.2 Å². The largest absolute Gasteiger partial charge is 0.488 e. The number of hydrogen-bond acceptors (Lipinski definition) is 3. The van der Waals surface area contributed by atoms with Crippen LogP contribution in [-0.2, 0) is 6.42 Å². The number of hydrogen-bond donors (Lipinski definition) is 1. The van der Waals surface area contributed by atoms with Crippen LogP contribution in [0.2, 0.25) is 0 Å². The van der Waals surface area contributed by atoms with Crippen molar-refractivity contribution in [3.05, 3.63) is 51.7 Å². The first kappa shape index (κ1) is 10.8. The summed E-state index contributed by atoms with van der Waals surface area (Å²) in [7, 11) is 0. The number of benzene rings is 1. The Morgan fingerprint density at radius 3 is 2.94 bits per heavy atom. The van der Waals surface area contributed by atoms with Crippen LogP contribution in [0.25, 0.3) is 0 Å². The average Bonchev–Trinajstić information content (AvgIpc) is 2.93. The van der Waals surface area contributed by atoms with Gasteiger partial charge in [-0.15, -0.1) is 11.3 Å². The molecule has 2 atom stereocenters. The fourth-order valence-electron chi connectivity index (χ4n) is 2.26. The summed E-state index contributed by atoms with van der Waals surface area (Å²) < 4.78 is 5.91. The maximum absolute atomic E-state index is 6.27. The van der Waals surface area contributed by atoms with Gasteiger partial charge in [0, 0.05) is 11.3 Å². The highest BCUT2D eigenvalue weighted by atomic mass is 32.1. The van der Waals surface area contributed by atoms with Crippen molar-refractivity contribution in [3.63, 3.8) is 0 Å². The Hall–Kier alpha value is -1.32. The maximum atomic E-state index is 6.27. The number of rotatable bonds is 2. The molecule has 1 aromatic heterocycles. The van der Waals surface area contributed by atoms with Crippen molar-refractivity contribution >= 4 is 11.3 Å². The minimum Gasteiger partial charge on any atom is -0.488 e. The molecule has 2 aromatic rings. The third-order valence-electron chi connectivity index (χ3n) is 3.21. The normalized spacial score (nSPS) is 19.8. The van der Waals surface area contributed by atoms with Crippen molar-refractivity contribution in [3.8, 4) is 5.75 Å². The Morgan fingerprint density at radius 1 is 1.41 bits per heavy atom. The lowest BCUT2D eigenvalue weighted by Crippen LogP contribution is -2.29. The van der Waals surface area contributed by atoms with Gasteiger partial charge in [-0.25, -0.2) is 0 Å². The zero-order valence-electron chi connectivity index (χ0n) is 9.72. The Kier molecular flexibility index (Phi) is 2.65. The third kappa shape index (κ3) is 1.96. The van der Waals surface area contributed by atoms with Gasteiger partial charge in [-0.3, -0.25) is 0 Å². The molecular weight excluding hydrogens is 230 g/mol. The smallest absolute Gasteiger partial charge is 0.123 e. The molecule has 0 saturated heterocycles. The lowest BCUT2D eigenvalue weighted by molar-refractivity contribution is 0.200. The minimum absolute atomic E-state index is 0.0349. The van der Waals surface area contributed by atoms with Gasteiger partial charge in [-0.05, 0) is 35.6 Å². The summed E-state index contributed by atoms with van der Waals surface area (Å²) in [4.78, 5) is 1.30. The molecule has 3 rings (SSSR count). The van der Waals surface area contributed by atoms with E-state index >= 15 is 0 Å². The number of fused-ring (bicyclic) bond motifs is 1. The van der Waals surface area contributed by atoms with E-state index in [1.165, 1.54) is 16.0 Å². The third-order valence-corrected chi connectivity index (χ3v) is 4.09. The first-order chi connectivity index (χ1) is 8.24. The SMILES string of the molecule is Cc1cc(C(N)C2Cc3ccccc3O2)cs1. The molecule has 0 radical (unpaired) electrons. The van der Waals surface area contributed by atoms with Crippen molar-refractivity contribution < 1.29 is 4.74 Å². The van der Waals surface area contributed by atoms with E-state index < -0.39 is 0 Å². The first-order valence-corrected chi connectivity index (χ1v) is 6.67. The van der Waals surface area contributed by atoms with Crippen molar-refractivity contribution in [2.24, 2.45) is 5.73 Å². The Morgan fingerprint density at radius 2 is 2.24 bits per heavy atom. The molecule has 2 heterocycles. The molecule has 0 bridgehead atoms. The Labute approximate surface area is 105 Å². The molecule has 1 aromatic carbocycles. The summed E-state index contributed by atoms with van der Waals surface area (Å²) in [5, 5.41) is 2.13. The van der Waals surface area contributed by atoms with Crippen LogP contribution in [0.1, 0.15) is 22.0 Å². The van der Waals surface area contributed by atoms with Gasteiger partial charge < -0.3 is 10.5 Å². The summed E-state index contributed by atoms with van der Waals surface area (Å²) in [6.45, 7) is 2.10. The van der Waals surface area contributed by atoms with E-state index in [9.17, 15) is 0 Å². The molecule has 17 heavy (non-hydrogen) atoms. The number of nitrogens with two attached hydrogens (primary N) is 1. The zero-order valence-corrected chi connectivity index (χ0v) is 10.5. The first-order valence-electron chi connectivity index (χ1n) is 5.79. The molecule has 0 spiro atoms. The van der Waals surface area contributed by atoms with Crippen LogP contribution in [0, 0.1) is 6.92 Å². The van der Waals surface area contributed by atoms with Crippen LogP contribution >= 0.6 is 11.3 Å². The van der Waals surface area contributed by atoms with E-state index in [0.29, 0.717) is 0 Å². The summed E-state index contributed by atoms with van der Waals surface area (Å²) in [6.07, 6.45) is 0.980. The molecule has 0 saturated carbocycles. The minimum atomic E-state index is -0.0349. The molecule has 2 N–H and O–H groups in total. The summed E-state index contributed by atoms with van der Waals surface area (Å²) >= 11 is 1.74. The second-order valence-corrected chi connectivity index (χ2v) is 5.60. The van der Waals surface area contributed by atoms with Gasteiger partial charge in [0.25, 0.3) is 0 Å². The van der Waals surface area contributed by atoms with Gasteiger partial charge in [0.1, 0.15) is 11.9 Å². The van der Waals surface area contributed by atoms with Gasteiger partial charge in [0.15, 0.2) is 0 Å². The standard InChI is InChI=1S/C14H15NOS/c1-9-6-11(8-17-9)14(15)13-7-10-4-2-3-5-12(10)16-13/h2-6,8,13-14H,7,15H2,1H3. The van der Waals surface area contributed by atoms with Crippen LogP contribution in [0.15, 0.2) is 35.7 Å². The van der Waals surface area contributed by atoms with Crippen LogP contribution in [-0.4, -0.2) is 6.10 Å². The average molecular weight is 245 g/mol. The molecule has 88 valence electrons. The van der Waals surface area contributed by atoms with Gasteiger partial charge in [0.05, 0.1) is 6.04 Å². The number of ether oxygens (including phenoxy) is 1. The van der Waals surface area contributed by atoms with Crippen LogP contribution in [0.4, 0.5) is 0 Å². The molecule has 2 unspecified atom stereocenters. The number of aryl methyl sites for hydroxylation is 1. The predicted octanol–water partition coefficient (Wildman–Crippen LogP) is 3.06. The fraction of sp³-hybridized carbons (Fsp3) is 0.286. The molecule has 2 nitrogen and oxygen atoms in total. The van der Waals surface area contributed by atoms with Crippen molar-refractivity contribution in [2.75, 3.05) is 0 Å². The maximum Gasteiger partial charge on any atom is 0.123 e. The molecule has 1 aliphatic heterocycles. The fourth-order valence-corrected chi connectivity index (χ4v) is 3.01. The van der Waals surface area contributed by atoms with Gasteiger partial charge in [0.2, 0.25) is 0 Å². The van der Waals surface area contributed by atoms with Gasteiger partial charge >= 0.3 is 0 Å². The molecule has 3 heteroatoms. The molecule has 0 aliphatic carbocycles. The molecule has 1 aliphatic rings. The highest BCUT2D eigenvalue weighted by Crippen LogP contribution is 2.33. The van der Waals surface area contributed by atoms with Gasteiger partial charge in [-0.2, -0.15) is 0 Å². The molecule has 0 fully saturated rings. The Balaban J connectivity index is 1.80. The van der Waals surface area contributed by atoms with Gasteiger partial charge in [-0.1, -0.05) is 18.2 Å². The van der Waals surface area contributed by atoms with Crippen LogP contribution < -0.4 is 10.5 Å². The topological polar surface area (TPSA) is 35.2 Å². The van der Waals surface area contributed by atoms with E-state index in [4.69, 9.17) is 10.5 Å². The van der Waals surface area contributed by atoms with E-state index in [1.807, 2.05) is 18.2 Å². The van der Waals surface area contributed by atoms with Crippen LogP contribution in [0.5, 0.6) is 5.75 Å². The highest BCUT2D eigenvalue weighted by molar-refractivity contribution is 7.10. The Bertz CT molecular complexity index is 510. The molecular formula is C14H15NOS. The van der Waals surface area contributed by atoms with Crippen LogP contribution in [0.3, 0.4) is 0 Å². The second-order valence-electron chi connectivity index (χ2n) is 4.48. The van der Waals surface area contributed by atoms with Crippen molar-refractivity contribution in [1.29, 1.82) is 0 Å². The van der Waals surface area contributed by atoms with E-state index in [1.54, 1.807) is 11.3 Å². The van der Waals surface area contributed by atoms with E-state index in [-0.39, 0.29) is 12.1 Å². The summed E-state index contributed by atoms with van der Waals surface area (Å²) in [5.41, 5.74) is 8.72. The van der Waals surface area contributed by atoms with Crippen molar-refractivity contribution in [1.82, 2.24) is 0 Å². The van der Waals surface area contributed by atoms with Crippen molar-refractivity contribution in [2.45, 2.75) is 25.5 Å². The molecule has 0 amide bonds. The summed E-state index contributed by atoms with van der Waals surface area (Å²) in [5.74, 6) is 0.986. The lowest BCUT2D eigenvalue weighted by atomic mass is 10.0. The number of thiophene rings is 1. The second kappa shape index (κ2) is 4.17. The summed E-state index contributed by atoms with van der Waals surface area (Å²) in [6, 6.07) is 10.3. The predicted molar refractivity (Wildman–Crippen MR) is 70.5 cm³/mol. The monoisotopic (exact) mass is 245 g/mol. The highest BCUT2D eigenvalue weighted by Gasteiger charge is 2.29. The lowest BCUT2D eigenvalue weighted by Gasteiger charge is -2.18. The van der Waals surface area contributed by atoms with E-state index in [2.05, 4.69) is 24.4 Å².